The van der Waals surface area contributed by atoms with Crippen molar-refractivity contribution in [1.82, 2.24) is 9.80 Å². The molecule has 0 saturated carbocycles. The van der Waals surface area contributed by atoms with Crippen molar-refractivity contribution in [3.05, 3.63) is 83.9 Å². The highest BCUT2D eigenvalue weighted by Crippen LogP contribution is 2.35. The molecule has 0 aliphatic carbocycles. The van der Waals surface area contributed by atoms with E-state index < -0.39 is 41.9 Å². The van der Waals surface area contributed by atoms with Gasteiger partial charge >= 0.3 is 18.2 Å². The van der Waals surface area contributed by atoms with Crippen LogP contribution in [0, 0.1) is 5.92 Å². The van der Waals surface area contributed by atoms with Crippen LogP contribution in [0.15, 0.2) is 72.8 Å². The summed E-state index contributed by atoms with van der Waals surface area (Å²) < 4.78 is 45.2. The van der Waals surface area contributed by atoms with Gasteiger partial charge in [-0.1, -0.05) is 31.2 Å². The van der Waals surface area contributed by atoms with Crippen LogP contribution in [0.2, 0.25) is 0 Å². The van der Waals surface area contributed by atoms with E-state index in [1.165, 1.54) is 16.8 Å². The Labute approximate surface area is 252 Å². The number of carbonyl (C=O) groups excluding carboxylic acids is 3. The topological polar surface area (TPSA) is 123 Å². The number of rotatable bonds is 7. The van der Waals surface area contributed by atoms with Crippen LogP contribution in [-0.4, -0.2) is 71.8 Å². The van der Waals surface area contributed by atoms with E-state index in [9.17, 15) is 32.7 Å². The molecule has 0 saturated heterocycles. The van der Waals surface area contributed by atoms with Crippen LogP contribution in [0.4, 0.5) is 39.8 Å². The molecule has 0 spiro atoms. The van der Waals surface area contributed by atoms with Crippen LogP contribution in [0.1, 0.15) is 29.8 Å². The normalized spacial score (nSPS) is 17.3. The fourth-order valence-corrected chi connectivity index (χ4v) is 4.68. The third-order valence-electron chi connectivity index (χ3n) is 7.24. The highest BCUT2D eigenvalue weighted by Gasteiger charge is 2.35. The number of amides is 5. The van der Waals surface area contributed by atoms with E-state index >= 15 is 0 Å². The predicted octanol–water partition coefficient (Wildman–Crippen LogP) is 5.73. The van der Waals surface area contributed by atoms with Crippen molar-refractivity contribution in [2.75, 3.05) is 42.7 Å². The van der Waals surface area contributed by atoms with Crippen LogP contribution >= 0.6 is 0 Å². The van der Waals surface area contributed by atoms with E-state index in [1.807, 2.05) is 13.0 Å². The molecule has 44 heavy (non-hydrogen) atoms. The summed E-state index contributed by atoms with van der Waals surface area (Å²) in [6.07, 6.45) is -5.20. The Morgan fingerprint density at radius 3 is 2.30 bits per heavy atom. The van der Waals surface area contributed by atoms with Gasteiger partial charge in [0.05, 0.1) is 36.0 Å². The first-order valence-corrected chi connectivity index (χ1v) is 13.9. The number of benzene rings is 3. The van der Waals surface area contributed by atoms with Gasteiger partial charge in [0.1, 0.15) is 6.10 Å². The summed E-state index contributed by atoms with van der Waals surface area (Å²) in [5.74, 6) is -0.648. The lowest BCUT2D eigenvalue weighted by molar-refractivity contribution is -0.137. The van der Waals surface area contributed by atoms with Gasteiger partial charge in [-0.3, -0.25) is 4.79 Å². The minimum Gasteiger partial charge on any atom is -0.485 e. The first kappa shape index (κ1) is 32.1. The number of para-hydroxylation sites is 2. The monoisotopic (exact) mass is 613 g/mol. The first-order chi connectivity index (χ1) is 20.9. The van der Waals surface area contributed by atoms with Crippen molar-refractivity contribution in [3.63, 3.8) is 0 Å². The van der Waals surface area contributed by atoms with Gasteiger partial charge in [0.25, 0.3) is 5.91 Å². The molecule has 1 heterocycles. The predicted molar refractivity (Wildman–Crippen MR) is 160 cm³/mol. The van der Waals surface area contributed by atoms with Crippen molar-refractivity contribution < 1.29 is 37.4 Å². The lowest BCUT2D eigenvalue weighted by atomic mass is 9.99. The zero-order valence-electron chi connectivity index (χ0n) is 24.4. The Bertz CT molecular complexity index is 1470. The SMILES string of the molecule is C[C@@H]1CN([C@H](C)CO)C(=O)c2cccc(NC(=O)Nc3ccccc3)c2O[C@H]1CN(C)C(=O)Nc1ccc(C(F)(F)F)cc1. The van der Waals surface area contributed by atoms with Crippen LogP contribution in [0.3, 0.4) is 0 Å². The maximum absolute atomic E-state index is 13.7. The largest absolute Gasteiger partial charge is 0.485 e. The van der Waals surface area contributed by atoms with Crippen molar-refractivity contribution >= 4 is 35.0 Å². The van der Waals surface area contributed by atoms with E-state index in [2.05, 4.69) is 16.0 Å². The number of hydrogen-bond donors (Lipinski definition) is 4. The Hall–Kier alpha value is -4.78. The highest BCUT2D eigenvalue weighted by atomic mass is 19.4. The van der Waals surface area contributed by atoms with E-state index in [1.54, 1.807) is 49.4 Å². The third-order valence-corrected chi connectivity index (χ3v) is 7.24. The molecule has 0 unspecified atom stereocenters. The average molecular weight is 614 g/mol. The molecular weight excluding hydrogens is 579 g/mol. The first-order valence-electron chi connectivity index (χ1n) is 13.9. The third kappa shape index (κ3) is 7.78. The number of nitrogens with one attached hydrogen (secondary N) is 3. The summed E-state index contributed by atoms with van der Waals surface area (Å²) in [7, 11) is 1.51. The number of carbonyl (C=O) groups is 3. The van der Waals surface area contributed by atoms with Gasteiger partial charge in [0, 0.05) is 30.9 Å². The Morgan fingerprint density at radius 2 is 1.66 bits per heavy atom. The maximum atomic E-state index is 13.7. The van der Waals surface area contributed by atoms with Gasteiger partial charge < -0.3 is 35.6 Å². The molecule has 3 aromatic carbocycles. The molecule has 4 rings (SSSR count). The number of likely N-dealkylation sites (N-methyl/N-ethyl adjacent to an activating group) is 1. The molecule has 10 nitrogen and oxygen atoms in total. The van der Waals surface area contributed by atoms with Crippen LogP contribution in [0.5, 0.6) is 5.75 Å². The van der Waals surface area contributed by atoms with Crippen LogP contribution in [0.25, 0.3) is 0 Å². The molecule has 3 atom stereocenters. The molecule has 4 N–H and O–H groups in total. The van der Waals surface area contributed by atoms with Gasteiger partial charge in [-0.2, -0.15) is 13.2 Å². The number of aliphatic hydroxyl groups excluding tert-OH is 1. The van der Waals surface area contributed by atoms with Gasteiger partial charge in [0.2, 0.25) is 0 Å². The standard InChI is InChI=1S/C31H34F3N5O5/c1-19-16-39(20(2)18-40)28(41)24-10-7-11-25(37-29(42)35-22-8-5-4-6-9-22)27(24)44-26(19)17-38(3)30(43)36-23-14-12-21(13-15-23)31(32,33)34/h4-15,19-20,26,40H,16-18H2,1-3H3,(H,36,43)(H2,35,37,42)/t19-,20-,26+/m1/s1. The second-order valence-electron chi connectivity index (χ2n) is 10.6. The highest BCUT2D eigenvalue weighted by molar-refractivity contribution is 6.04. The van der Waals surface area contributed by atoms with Crippen molar-refractivity contribution in [1.29, 1.82) is 0 Å². The Morgan fingerprint density at radius 1 is 1.00 bits per heavy atom. The van der Waals surface area contributed by atoms with Gasteiger partial charge in [0.15, 0.2) is 5.75 Å². The van der Waals surface area contributed by atoms with Crippen molar-refractivity contribution in [2.24, 2.45) is 5.92 Å². The second-order valence-corrected chi connectivity index (χ2v) is 10.6. The molecule has 0 aromatic heterocycles. The molecule has 234 valence electrons. The van der Waals surface area contributed by atoms with Crippen molar-refractivity contribution in [3.8, 4) is 5.75 Å². The Balaban J connectivity index is 1.58. The molecule has 0 fully saturated rings. The number of hydrogen-bond acceptors (Lipinski definition) is 5. The number of aliphatic hydroxyl groups is 1. The molecule has 0 bridgehead atoms. The molecule has 5 amide bonds. The summed E-state index contributed by atoms with van der Waals surface area (Å²) in [4.78, 5) is 42.4. The van der Waals surface area contributed by atoms with Crippen LogP contribution in [-0.2, 0) is 6.18 Å². The minimum absolute atomic E-state index is 0.0210. The number of nitrogens with zero attached hydrogens (tertiary/aromatic N) is 2. The number of fused-ring (bicyclic) bond motifs is 1. The molecule has 0 radical (unpaired) electrons. The van der Waals surface area contributed by atoms with Crippen molar-refractivity contribution in [2.45, 2.75) is 32.2 Å². The zero-order valence-corrected chi connectivity index (χ0v) is 24.4. The summed E-state index contributed by atoms with van der Waals surface area (Å²) in [5, 5.41) is 17.9. The van der Waals surface area contributed by atoms with Gasteiger partial charge in [-0.05, 0) is 55.5 Å². The number of anilines is 3. The van der Waals surface area contributed by atoms with E-state index in [4.69, 9.17) is 4.74 Å². The molecule has 1 aliphatic heterocycles. The summed E-state index contributed by atoms with van der Waals surface area (Å²) >= 11 is 0. The van der Waals surface area contributed by atoms with Crippen LogP contribution < -0.4 is 20.7 Å². The average Bonchev–Trinajstić information content (AvgIpc) is 2.99. The molecule has 3 aromatic rings. The second kappa shape index (κ2) is 13.7. The minimum atomic E-state index is -4.50. The number of ether oxygens (including phenoxy) is 1. The smallest absolute Gasteiger partial charge is 0.416 e. The maximum Gasteiger partial charge on any atom is 0.416 e. The Kier molecular flexibility index (Phi) is 9.99. The van der Waals surface area contributed by atoms with E-state index in [0.29, 0.717) is 5.69 Å². The lowest BCUT2D eigenvalue weighted by Gasteiger charge is -2.38. The van der Waals surface area contributed by atoms with Gasteiger partial charge in [-0.15, -0.1) is 0 Å². The quantitative estimate of drug-likeness (QED) is 0.271. The fraction of sp³-hybridized carbons (Fsp3) is 0.323. The summed E-state index contributed by atoms with van der Waals surface area (Å²) in [5.41, 5.74) is 0.276. The molecule has 1 aliphatic rings. The van der Waals surface area contributed by atoms with E-state index in [0.717, 1.165) is 24.3 Å². The molecule has 13 heteroatoms. The number of alkyl halides is 3. The number of halogens is 3. The summed E-state index contributed by atoms with van der Waals surface area (Å²) in [6, 6.07) is 15.9. The zero-order chi connectivity index (χ0) is 32.0. The van der Waals surface area contributed by atoms with E-state index in [-0.39, 0.29) is 48.3 Å². The number of urea groups is 2. The fourth-order valence-electron chi connectivity index (χ4n) is 4.68. The van der Waals surface area contributed by atoms with Gasteiger partial charge in [-0.25, -0.2) is 9.59 Å². The summed E-state index contributed by atoms with van der Waals surface area (Å²) in [6.45, 7) is 3.48. The lowest BCUT2D eigenvalue weighted by Crippen LogP contribution is -2.50. The molecular formula is C31H34F3N5O5.